The van der Waals surface area contributed by atoms with Crippen molar-refractivity contribution in [2.24, 2.45) is 5.10 Å². The summed E-state index contributed by atoms with van der Waals surface area (Å²) in [5.74, 6) is 1.99. The maximum atomic E-state index is 5.38. The smallest absolute Gasteiger partial charge is 0.216 e. The lowest BCUT2D eigenvalue weighted by Gasteiger charge is -2.07. The van der Waals surface area contributed by atoms with Gasteiger partial charge in [-0.25, -0.2) is 5.10 Å². The van der Waals surface area contributed by atoms with E-state index < -0.39 is 0 Å². The fourth-order valence-electron chi connectivity index (χ4n) is 2.23. The summed E-state index contributed by atoms with van der Waals surface area (Å²) in [7, 11) is 3.21. The zero-order valence-electron chi connectivity index (χ0n) is 13.6. The van der Waals surface area contributed by atoms with E-state index in [0.29, 0.717) is 22.1 Å². The van der Waals surface area contributed by atoms with E-state index in [9.17, 15) is 0 Å². The van der Waals surface area contributed by atoms with Gasteiger partial charge in [-0.1, -0.05) is 28.1 Å². The minimum atomic E-state index is 0.404. The number of methoxy groups -OCH3 is 2. The molecule has 3 aromatic rings. The lowest BCUT2D eigenvalue weighted by Crippen LogP contribution is -1.97. The molecule has 0 spiro atoms. The summed E-state index contributed by atoms with van der Waals surface area (Å²) in [6.45, 7) is 0. The molecule has 0 aliphatic heterocycles. The Labute approximate surface area is 158 Å². The predicted octanol–water partition coefficient (Wildman–Crippen LogP) is 4.27. The van der Waals surface area contributed by atoms with Crippen LogP contribution in [0.5, 0.6) is 11.5 Å². The van der Waals surface area contributed by atoms with Crippen LogP contribution in [0.2, 0.25) is 0 Å². The molecule has 2 aromatic carbocycles. The Hall–Kier alpha value is -2.45. The molecule has 128 valence electrons. The number of aromatic nitrogens is 3. The molecule has 0 saturated carbocycles. The Morgan fingerprint density at radius 1 is 1.16 bits per heavy atom. The lowest BCUT2D eigenvalue weighted by atomic mass is 10.2. The Balaban J connectivity index is 1.99. The number of H-pyrrole nitrogens is 1. The van der Waals surface area contributed by atoms with Gasteiger partial charge in [0, 0.05) is 21.7 Å². The Morgan fingerprint density at radius 3 is 2.60 bits per heavy atom. The van der Waals surface area contributed by atoms with Crippen LogP contribution in [-0.2, 0) is 0 Å². The summed E-state index contributed by atoms with van der Waals surface area (Å²) in [6.07, 6.45) is 1.67. The van der Waals surface area contributed by atoms with E-state index in [1.54, 1.807) is 31.2 Å². The van der Waals surface area contributed by atoms with Crippen LogP contribution in [0.1, 0.15) is 5.56 Å². The van der Waals surface area contributed by atoms with Gasteiger partial charge in [0.1, 0.15) is 11.5 Å². The van der Waals surface area contributed by atoms with E-state index in [4.69, 9.17) is 21.7 Å². The Morgan fingerprint density at radius 2 is 1.92 bits per heavy atom. The number of nitrogens with one attached hydrogen (secondary N) is 1. The maximum Gasteiger partial charge on any atom is 0.216 e. The molecule has 8 heteroatoms. The highest BCUT2D eigenvalue weighted by Gasteiger charge is 2.09. The standard InChI is InChI=1S/C17H15BrN4O2S/c1-23-14-8-5-12(15(9-14)24-2)10-19-22-16(20-21-17(22)25)11-3-6-13(18)7-4-11/h3-10H,1-2H3,(H,21,25)/b19-10+. The third-order valence-corrected chi connectivity index (χ3v) is 4.30. The van der Waals surface area contributed by atoms with Crippen molar-refractivity contribution in [2.75, 3.05) is 14.2 Å². The molecule has 0 fully saturated rings. The summed E-state index contributed by atoms with van der Waals surface area (Å²) in [5.41, 5.74) is 1.70. The van der Waals surface area contributed by atoms with Crippen LogP contribution in [0.15, 0.2) is 52.0 Å². The molecule has 3 rings (SSSR count). The lowest BCUT2D eigenvalue weighted by molar-refractivity contribution is 0.394. The average molecular weight is 419 g/mol. The van der Waals surface area contributed by atoms with Crippen LogP contribution in [0.25, 0.3) is 11.4 Å². The molecule has 1 N–H and O–H groups in total. The van der Waals surface area contributed by atoms with Gasteiger partial charge in [-0.2, -0.15) is 14.9 Å². The van der Waals surface area contributed by atoms with Crippen molar-refractivity contribution in [1.29, 1.82) is 0 Å². The van der Waals surface area contributed by atoms with Gasteiger partial charge in [0.05, 0.1) is 20.4 Å². The molecule has 0 atom stereocenters. The highest BCUT2D eigenvalue weighted by Crippen LogP contribution is 2.24. The van der Waals surface area contributed by atoms with Crippen molar-refractivity contribution < 1.29 is 9.47 Å². The van der Waals surface area contributed by atoms with Gasteiger partial charge in [0.15, 0.2) is 5.82 Å². The van der Waals surface area contributed by atoms with E-state index in [1.807, 2.05) is 36.4 Å². The van der Waals surface area contributed by atoms with Crippen molar-refractivity contribution in [3.05, 3.63) is 57.3 Å². The first kappa shape index (κ1) is 17.4. The average Bonchev–Trinajstić information content (AvgIpc) is 3.01. The molecule has 1 heterocycles. The number of ether oxygens (including phenoxy) is 2. The number of hydrogen-bond acceptors (Lipinski definition) is 5. The normalized spacial score (nSPS) is 11.0. The third kappa shape index (κ3) is 3.80. The largest absolute Gasteiger partial charge is 0.497 e. The summed E-state index contributed by atoms with van der Waals surface area (Å²) in [6, 6.07) is 13.3. The van der Waals surface area contributed by atoms with Crippen LogP contribution in [0, 0.1) is 4.77 Å². The van der Waals surface area contributed by atoms with Gasteiger partial charge < -0.3 is 9.47 Å². The van der Waals surface area contributed by atoms with E-state index in [1.165, 1.54) is 0 Å². The molecule has 6 nitrogen and oxygen atoms in total. The number of hydrogen-bond donors (Lipinski definition) is 1. The van der Waals surface area contributed by atoms with Crippen molar-refractivity contribution >= 4 is 34.4 Å². The molecule has 0 aliphatic rings. The van der Waals surface area contributed by atoms with Crippen molar-refractivity contribution in [3.63, 3.8) is 0 Å². The minimum Gasteiger partial charge on any atom is -0.497 e. The summed E-state index contributed by atoms with van der Waals surface area (Å²) >= 11 is 8.71. The second-order valence-corrected chi connectivity index (χ2v) is 6.33. The SMILES string of the molecule is COc1ccc(/C=N/n2c(-c3ccc(Br)cc3)n[nH]c2=S)c(OC)c1. The number of halogens is 1. The molecule has 1 aromatic heterocycles. The first-order chi connectivity index (χ1) is 12.1. The van der Waals surface area contributed by atoms with Crippen molar-refractivity contribution in [2.45, 2.75) is 0 Å². The molecular weight excluding hydrogens is 404 g/mol. The zero-order valence-corrected chi connectivity index (χ0v) is 16.0. The summed E-state index contributed by atoms with van der Waals surface area (Å²) in [5, 5.41) is 11.5. The van der Waals surface area contributed by atoms with Crippen molar-refractivity contribution in [1.82, 2.24) is 14.9 Å². The molecule has 0 amide bonds. The quantitative estimate of drug-likeness (QED) is 0.496. The van der Waals surface area contributed by atoms with Gasteiger partial charge in [-0.3, -0.25) is 0 Å². The van der Waals surface area contributed by atoms with Gasteiger partial charge >= 0.3 is 0 Å². The van der Waals surface area contributed by atoms with Crippen LogP contribution in [0.3, 0.4) is 0 Å². The second kappa shape index (κ2) is 7.62. The van der Waals surface area contributed by atoms with E-state index in [2.05, 4.69) is 31.2 Å². The third-order valence-electron chi connectivity index (χ3n) is 3.51. The molecule has 0 radical (unpaired) electrons. The number of rotatable bonds is 5. The number of benzene rings is 2. The molecule has 0 saturated heterocycles. The first-order valence-corrected chi connectivity index (χ1v) is 8.52. The first-order valence-electron chi connectivity index (χ1n) is 7.32. The second-order valence-electron chi connectivity index (χ2n) is 5.02. The van der Waals surface area contributed by atoms with Crippen LogP contribution in [0.4, 0.5) is 0 Å². The summed E-state index contributed by atoms with van der Waals surface area (Å²) < 4.78 is 13.5. The highest BCUT2D eigenvalue weighted by atomic mass is 79.9. The van der Waals surface area contributed by atoms with Crippen molar-refractivity contribution in [3.8, 4) is 22.9 Å². The fraction of sp³-hybridized carbons (Fsp3) is 0.118. The fourth-order valence-corrected chi connectivity index (χ4v) is 2.67. The number of nitrogens with zero attached hydrogens (tertiary/aromatic N) is 3. The van der Waals surface area contributed by atoms with Gasteiger partial charge in [0.25, 0.3) is 0 Å². The predicted molar refractivity (Wildman–Crippen MR) is 103 cm³/mol. The monoisotopic (exact) mass is 418 g/mol. The van der Waals surface area contributed by atoms with Gasteiger partial charge in [-0.15, -0.1) is 0 Å². The zero-order chi connectivity index (χ0) is 17.8. The van der Waals surface area contributed by atoms with E-state index >= 15 is 0 Å². The Bertz CT molecular complexity index is 964. The molecular formula is C17H15BrN4O2S. The van der Waals surface area contributed by atoms with E-state index in [-0.39, 0.29) is 0 Å². The van der Waals surface area contributed by atoms with Crippen LogP contribution >= 0.6 is 28.1 Å². The Kier molecular flexibility index (Phi) is 5.30. The van der Waals surface area contributed by atoms with E-state index in [0.717, 1.165) is 15.6 Å². The minimum absolute atomic E-state index is 0.404. The molecule has 0 aliphatic carbocycles. The summed E-state index contributed by atoms with van der Waals surface area (Å²) in [4.78, 5) is 0. The van der Waals surface area contributed by atoms with Gasteiger partial charge in [-0.05, 0) is 36.5 Å². The highest BCUT2D eigenvalue weighted by molar-refractivity contribution is 9.10. The maximum absolute atomic E-state index is 5.38. The molecule has 25 heavy (non-hydrogen) atoms. The number of aromatic amines is 1. The van der Waals surface area contributed by atoms with Gasteiger partial charge in [0.2, 0.25) is 4.77 Å². The van der Waals surface area contributed by atoms with Crippen LogP contribution in [-0.4, -0.2) is 35.3 Å². The molecule has 0 bridgehead atoms. The topological polar surface area (TPSA) is 64.4 Å². The van der Waals surface area contributed by atoms with Crippen LogP contribution < -0.4 is 9.47 Å². The molecule has 0 unspecified atom stereocenters.